The standard InChI is InChI=1S/C16H8F2N2O/c17-10-2-4-12(14(18)6-10)16(21)13-8-20-15-5-9(7-19)1-3-11(13)15/h1-6,8,20H. The number of nitrogens with zero attached hydrogens (tertiary/aromatic N) is 1. The van der Waals surface area contributed by atoms with Crippen LogP contribution >= 0.6 is 0 Å². The van der Waals surface area contributed by atoms with E-state index in [0.29, 0.717) is 22.5 Å². The number of aromatic nitrogens is 1. The molecule has 5 heteroatoms. The number of rotatable bonds is 2. The van der Waals surface area contributed by atoms with Crippen molar-refractivity contribution in [1.82, 2.24) is 4.98 Å². The highest BCUT2D eigenvalue weighted by Crippen LogP contribution is 2.23. The first-order valence-electron chi connectivity index (χ1n) is 6.11. The van der Waals surface area contributed by atoms with Crippen molar-refractivity contribution in [2.75, 3.05) is 0 Å². The molecule has 0 spiro atoms. The quantitative estimate of drug-likeness (QED) is 0.731. The second kappa shape index (κ2) is 4.84. The maximum atomic E-state index is 13.7. The van der Waals surface area contributed by atoms with Crippen molar-refractivity contribution in [1.29, 1.82) is 5.26 Å². The van der Waals surface area contributed by atoms with Gasteiger partial charge in [0.05, 0.1) is 17.2 Å². The van der Waals surface area contributed by atoms with E-state index < -0.39 is 17.4 Å². The predicted molar refractivity (Wildman–Crippen MR) is 72.8 cm³/mol. The largest absolute Gasteiger partial charge is 0.360 e. The van der Waals surface area contributed by atoms with Crippen LogP contribution in [0.25, 0.3) is 10.9 Å². The van der Waals surface area contributed by atoms with Gasteiger partial charge < -0.3 is 4.98 Å². The molecule has 21 heavy (non-hydrogen) atoms. The molecule has 0 aliphatic rings. The van der Waals surface area contributed by atoms with Crippen molar-refractivity contribution in [2.24, 2.45) is 0 Å². The monoisotopic (exact) mass is 282 g/mol. The number of benzene rings is 2. The van der Waals surface area contributed by atoms with E-state index in [2.05, 4.69) is 4.98 Å². The number of carbonyl (C=O) groups is 1. The zero-order chi connectivity index (χ0) is 15.0. The van der Waals surface area contributed by atoms with Crippen LogP contribution < -0.4 is 0 Å². The van der Waals surface area contributed by atoms with E-state index in [1.807, 2.05) is 6.07 Å². The highest BCUT2D eigenvalue weighted by atomic mass is 19.1. The van der Waals surface area contributed by atoms with E-state index in [4.69, 9.17) is 5.26 Å². The Hall–Kier alpha value is -3.00. The van der Waals surface area contributed by atoms with Crippen molar-refractivity contribution >= 4 is 16.7 Å². The SMILES string of the molecule is N#Cc1ccc2c(C(=O)c3ccc(F)cc3F)c[nH]c2c1. The summed E-state index contributed by atoms with van der Waals surface area (Å²) in [4.78, 5) is 15.2. The first-order chi connectivity index (χ1) is 10.1. The summed E-state index contributed by atoms with van der Waals surface area (Å²) >= 11 is 0. The van der Waals surface area contributed by atoms with Crippen LogP contribution in [0.15, 0.2) is 42.6 Å². The molecule has 0 saturated carbocycles. The van der Waals surface area contributed by atoms with Crippen LogP contribution in [0.5, 0.6) is 0 Å². The number of hydrogen-bond donors (Lipinski definition) is 1. The summed E-state index contributed by atoms with van der Waals surface area (Å²) in [6.45, 7) is 0. The number of ketones is 1. The minimum absolute atomic E-state index is 0.193. The van der Waals surface area contributed by atoms with Gasteiger partial charge in [0.2, 0.25) is 0 Å². The Kier molecular flexibility index (Phi) is 2.99. The lowest BCUT2D eigenvalue weighted by molar-refractivity contribution is 0.103. The highest BCUT2D eigenvalue weighted by molar-refractivity contribution is 6.16. The molecule has 3 rings (SSSR count). The van der Waals surface area contributed by atoms with Gasteiger partial charge in [-0.25, -0.2) is 8.78 Å². The minimum atomic E-state index is -0.900. The summed E-state index contributed by atoms with van der Waals surface area (Å²) in [6.07, 6.45) is 1.46. The molecule has 0 aliphatic carbocycles. The maximum absolute atomic E-state index is 13.7. The summed E-state index contributed by atoms with van der Waals surface area (Å²) in [5.74, 6) is -2.17. The smallest absolute Gasteiger partial charge is 0.198 e. The number of H-pyrrole nitrogens is 1. The number of halogens is 2. The predicted octanol–water partition coefficient (Wildman–Crippen LogP) is 3.55. The molecule has 3 nitrogen and oxygen atoms in total. The van der Waals surface area contributed by atoms with Crippen LogP contribution in [0.3, 0.4) is 0 Å². The Bertz CT molecular complexity index is 906. The molecule has 0 fully saturated rings. The molecule has 3 aromatic rings. The third-order valence-corrected chi connectivity index (χ3v) is 3.23. The van der Waals surface area contributed by atoms with Crippen molar-refractivity contribution < 1.29 is 13.6 Å². The van der Waals surface area contributed by atoms with Gasteiger partial charge in [0.25, 0.3) is 0 Å². The number of aromatic amines is 1. The number of hydrogen-bond acceptors (Lipinski definition) is 2. The lowest BCUT2D eigenvalue weighted by atomic mass is 10.0. The van der Waals surface area contributed by atoms with E-state index in [-0.39, 0.29) is 11.1 Å². The Labute approximate surface area is 118 Å². The normalized spacial score (nSPS) is 10.5. The van der Waals surface area contributed by atoms with E-state index in [1.165, 1.54) is 6.20 Å². The lowest BCUT2D eigenvalue weighted by Gasteiger charge is -2.02. The molecular weight excluding hydrogens is 274 g/mol. The molecular formula is C16H8F2N2O. The van der Waals surface area contributed by atoms with Gasteiger partial charge in [-0.3, -0.25) is 4.79 Å². The first kappa shape index (κ1) is 13.0. The van der Waals surface area contributed by atoms with Crippen molar-refractivity contribution in [3.8, 4) is 6.07 Å². The second-order valence-corrected chi connectivity index (χ2v) is 4.53. The summed E-state index contributed by atoms with van der Waals surface area (Å²) in [5.41, 5.74) is 1.15. The summed E-state index contributed by atoms with van der Waals surface area (Å²) in [6, 6.07) is 9.64. The fraction of sp³-hybridized carbons (Fsp3) is 0. The molecule has 2 aromatic carbocycles. The fourth-order valence-corrected chi connectivity index (χ4v) is 2.20. The van der Waals surface area contributed by atoms with Gasteiger partial charge >= 0.3 is 0 Å². The first-order valence-corrected chi connectivity index (χ1v) is 6.11. The van der Waals surface area contributed by atoms with Gasteiger partial charge in [0.1, 0.15) is 11.6 Å². The molecule has 0 saturated heterocycles. The van der Waals surface area contributed by atoms with Gasteiger partial charge in [0, 0.05) is 28.7 Å². The Balaban J connectivity index is 2.12. The summed E-state index contributed by atoms with van der Waals surface area (Å²) in [7, 11) is 0. The Morgan fingerprint density at radius 1 is 1.10 bits per heavy atom. The maximum Gasteiger partial charge on any atom is 0.198 e. The van der Waals surface area contributed by atoms with Crippen LogP contribution in [0.2, 0.25) is 0 Å². The molecule has 0 aliphatic heterocycles. The molecule has 0 atom stereocenters. The molecule has 102 valence electrons. The summed E-state index contributed by atoms with van der Waals surface area (Å²) in [5, 5.41) is 9.42. The molecule has 0 radical (unpaired) electrons. The number of nitrogens with one attached hydrogen (secondary N) is 1. The Morgan fingerprint density at radius 3 is 2.62 bits per heavy atom. The van der Waals surface area contributed by atoms with E-state index >= 15 is 0 Å². The number of carbonyl (C=O) groups excluding carboxylic acids is 1. The van der Waals surface area contributed by atoms with Gasteiger partial charge in [-0.05, 0) is 24.3 Å². The average Bonchev–Trinajstić information content (AvgIpc) is 2.89. The highest BCUT2D eigenvalue weighted by Gasteiger charge is 2.18. The molecule has 0 bridgehead atoms. The van der Waals surface area contributed by atoms with Crippen LogP contribution in [0, 0.1) is 23.0 Å². The van der Waals surface area contributed by atoms with Crippen LogP contribution in [0.1, 0.15) is 21.5 Å². The molecule has 1 N–H and O–H groups in total. The van der Waals surface area contributed by atoms with Crippen LogP contribution in [-0.4, -0.2) is 10.8 Å². The average molecular weight is 282 g/mol. The molecule has 0 amide bonds. The van der Waals surface area contributed by atoms with Gasteiger partial charge in [-0.15, -0.1) is 0 Å². The van der Waals surface area contributed by atoms with E-state index in [9.17, 15) is 13.6 Å². The summed E-state index contributed by atoms with van der Waals surface area (Å²) < 4.78 is 26.6. The van der Waals surface area contributed by atoms with Gasteiger partial charge in [-0.1, -0.05) is 6.07 Å². The topological polar surface area (TPSA) is 56.6 Å². The zero-order valence-corrected chi connectivity index (χ0v) is 10.7. The second-order valence-electron chi connectivity index (χ2n) is 4.53. The van der Waals surface area contributed by atoms with E-state index in [1.54, 1.807) is 18.2 Å². The number of fused-ring (bicyclic) bond motifs is 1. The molecule has 1 heterocycles. The van der Waals surface area contributed by atoms with Gasteiger partial charge in [-0.2, -0.15) is 5.26 Å². The van der Waals surface area contributed by atoms with Crippen LogP contribution in [0.4, 0.5) is 8.78 Å². The van der Waals surface area contributed by atoms with E-state index in [0.717, 1.165) is 12.1 Å². The van der Waals surface area contributed by atoms with Gasteiger partial charge in [0.15, 0.2) is 5.78 Å². The minimum Gasteiger partial charge on any atom is -0.360 e. The number of nitriles is 1. The Morgan fingerprint density at radius 2 is 1.90 bits per heavy atom. The molecule has 0 unspecified atom stereocenters. The fourth-order valence-electron chi connectivity index (χ4n) is 2.20. The van der Waals surface area contributed by atoms with Crippen molar-refractivity contribution in [3.63, 3.8) is 0 Å². The lowest BCUT2D eigenvalue weighted by Crippen LogP contribution is -2.04. The molecule has 1 aromatic heterocycles. The third-order valence-electron chi connectivity index (χ3n) is 3.23. The van der Waals surface area contributed by atoms with Crippen molar-refractivity contribution in [3.05, 3.63) is 70.9 Å². The van der Waals surface area contributed by atoms with Crippen LogP contribution in [-0.2, 0) is 0 Å². The zero-order valence-electron chi connectivity index (χ0n) is 10.7. The van der Waals surface area contributed by atoms with Crippen molar-refractivity contribution in [2.45, 2.75) is 0 Å². The third kappa shape index (κ3) is 2.17.